The molecule has 2 aromatic rings. The normalized spacial score (nSPS) is 14.2. The van der Waals surface area contributed by atoms with Crippen molar-refractivity contribution in [3.63, 3.8) is 0 Å². The molecule has 7 nitrogen and oxygen atoms in total. The number of nitrogens with one attached hydrogen (secondary N) is 2. The van der Waals surface area contributed by atoms with Crippen LogP contribution < -0.4 is 10.6 Å². The molecule has 1 unspecified atom stereocenters. The zero-order chi connectivity index (χ0) is 24.0. The molecule has 33 heavy (non-hydrogen) atoms. The molecule has 0 saturated carbocycles. The first-order chi connectivity index (χ1) is 15.8. The van der Waals surface area contributed by atoms with Crippen LogP contribution in [0, 0.1) is 5.92 Å². The number of hydrogen-bond acceptors (Lipinski definition) is 4. The van der Waals surface area contributed by atoms with E-state index in [1.54, 1.807) is 0 Å². The van der Waals surface area contributed by atoms with Gasteiger partial charge in [-0.2, -0.15) is 0 Å². The van der Waals surface area contributed by atoms with Crippen molar-refractivity contribution in [2.24, 2.45) is 5.92 Å². The van der Waals surface area contributed by atoms with Gasteiger partial charge in [-0.1, -0.05) is 75.7 Å². The molecule has 2 amide bonds. The topological polar surface area (TPSA) is 105 Å². The Hall–Kier alpha value is -3.35. The molecule has 0 saturated heterocycles. The van der Waals surface area contributed by atoms with Gasteiger partial charge in [-0.15, -0.1) is 0 Å². The van der Waals surface area contributed by atoms with Crippen LogP contribution in [0.3, 0.4) is 0 Å². The molecule has 1 aliphatic carbocycles. The molecule has 0 fully saturated rings. The smallest absolute Gasteiger partial charge is 0.407 e. The summed E-state index contributed by atoms with van der Waals surface area (Å²) in [6.45, 7) is 5.77. The number of ether oxygens (including phenoxy) is 1. The average Bonchev–Trinajstić information content (AvgIpc) is 3.10. The summed E-state index contributed by atoms with van der Waals surface area (Å²) in [6, 6.07) is 14.9. The summed E-state index contributed by atoms with van der Waals surface area (Å²) < 4.78 is 5.56. The summed E-state index contributed by atoms with van der Waals surface area (Å²) in [6.07, 6.45) is 0.263. The molecule has 176 valence electrons. The van der Waals surface area contributed by atoms with Crippen molar-refractivity contribution in [3.05, 3.63) is 59.7 Å². The van der Waals surface area contributed by atoms with Crippen molar-refractivity contribution < 1.29 is 24.2 Å². The monoisotopic (exact) mass is 452 g/mol. The fraction of sp³-hybridized carbons (Fsp3) is 0.423. The SMILES string of the molecule is CCC[C@H](NC(=O)OCC1c2ccccc2-c2ccccc21)C(=O)NC(CC(=O)O)C(C)C. The molecule has 3 N–H and O–H groups in total. The molecule has 0 radical (unpaired) electrons. The highest BCUT2D eigenvalue weighted by Gasteiger charge is 2.30. The molecule has 2 aromatic carbocycles. The number of carbonyl (C=O) groups is 3. The van der Waals surface area contributed by atoms with Gasteiger partial charge in [0, 0.05) is 12.0 Å². The number of alkyl carbamates (subject to hydrolysis) is 1. The van der Waals surface area contributed by atoms with Crippen molar-refractivity contribution in [1.29, 1.82) is 0 Å². The van der Waals surface area contributed by atoms with E-state index in [1.165, 1.54) is 0 Å². The number of benzene rings is 2. The van der Waals surface area contributed by atoms with E-state index in [2.05, 4.69) is 22.8 Å². The van der Waals surface area contributed by atoms with Crippen LogP contribution in [0.25, 0.3) is 11.1 Å². The summed E-state index contributed by atoms with van der Waals surface area (Å²) in [4.78, 5) is 36.5. The molecule has 0 spiro atoms. The van der Waals surface area contributed by atoms with Gasteiger partial charge < -0.3 is 20.5 Å². The van der Waals surface area contributed by atoms with Gasteiger partial charge in [0.15, 0.2) is 0 Å². The predicted octanol–water partition coefficient (Wildman–Crippen LogP) is 4.31. The number of amides is 2. The van der Waals surface area contributed by atoms with E-state index in [0.717, 1.165) is 22.3 Å². The van der Waals surface area contributed by atoms with Crippen LogP contribution in [0.15, 0.2) is 48.5 Å². The van der Waals surface area contributed by atoms with Gasteiger partial charge in [0.25, 0.3) is 0 Å². The Bertz CT molecular complexity index is 958. The Morgan fingerprint density at radius 3 is 2.06 bits per heavy atom. The maximum atomic E-state index is 12.8. The van der Waals surface area contributed by atoms with Gasteiger partial charge in [0.2, 0.25) is 5.91 Å². The van der Waals surface area contributed by atoms with Gasteiger partial charge in [-0.3, -0.25) is 9.59 Å². The lowest BCUT2D eigenvalue weighted by Crippen LogP contribution is -2.51. The number of fused-ring (bicyclic) bond motifs is 3. The third-order valence-electron chi connectivity index (χ3n) is 6.06. The molecule has 3 rings (SSSR count). The minimum Gasteiger partial charge on any atom is -0.481 e. The van der Waals surface area contributed by atoms with Crippen molar-refractivity contribution in [1.82, 2.24) is 10.6 Å². The lowest BCUT2D eigenvalue weighted by molar-refractivity contribution is -0.138. The molecule has 2 atom stereocenters. The van der Waals surface area contributed by atoms with Gasteiger partial charge in [-0.25, -0.2) is 4.79 Å². The maximum Gasteiger partial charge on any atom is 0.407 e. The maximum absolute atomic E-state index is 12.8. The van der Waals surface area contributed by atoms with E-state index in [9.17, 15) is 14.4 Å². The summed E-state index contributed by atoms with van der Waals surface area (Å²) in [5, 5.41) is 14.5. The van der Waals surface area contributed by atoms with Gasteiger partial charge in [0.1, 0.15) is 12.6 Å². The second kappa shape index (κ2) is 11.0. The fourth-order valence-electron chi connectivity index (χ4n) is 4.26. The van der Waals surface area contributed by atoms with E-state index < -0.39 is 30.1 Å². The van der Waals surface area contributed by atoms with E-state index in [4.69, 9.17) is 9.84 Å². The number of carboxylic acids is 1. The number of aliphatic carboxylic acids is 1. The average molecular weight is 453 g/mol. The van der Waals surface area contributed by atoms with Gasteiger partial charge in [0.05, 0.1) is 6.42 Å². The van der Waals surface area contributed by atoms with E-state index in [-0.39, 0.29) is 24.9 Å². The van der Waals surface area contributed by atoms with Crippen molar-refractivity contribution >= 4 is 18.0 Å². The lowest BCUT2D eigenvalue weighted by Gasteiger charge is -2.25. The van der Waals surface area contributed by atoms with Crippen LogP contribution in [0.1, 0.15) is 57.1 Å². The highest BCUT2D eigenvalue weighted by molar-refractivity contribution is 5.86. The minimum atomic E-state index is -0.981. The van der Waals surface area contributed by atoms with Crippen LogP contribution in [-0.2, 0) is 14.3 Å². The van der Waals surface area contributed by atoms with Crippen LogP contribution in [-0.4, -0.2) is 41.8 Å². The molecular formula is C26H32N2O5. The summed E-state index contributed by atoms with van der Waals surface area (Å²) in [5.74, 6) is -1.50. The first kappa shape index (κ1) is 24.3. The third-order valence-corrected chi connectivity index (χ3v) is 6.06. The third kappa shape index (κ3) is 5.92. The summed E-state index contributed by atoms with van der Waals surface area (Å²) in [5.41, 5.74) is 4.51. The second-order valence-corrected chi connectivity index (χ2v) is 8.77. The summed E-state index contributed by atoms with van der Waals surface area (Å²) in [7, 11) is 0. The minimum absolute atomic E-state index is 0.0539. The molecule has 1 aliphatic rings. The molecule has 0 aliphatic heterocycles. The zero-order valence-electron chi connectivity index (χ0n) is 19.3. The van der Waals surface area contributed by atoms with Gasteiger partial charge >= 0.3 is 12.1 Å². The van der Waals surface area contributed by atoms with Crippen molar-refractivity contribution in [3.8, 4) is 11.1 Å². The standard InChI is InChI=1S/C26H32N2O5/c1-4-9-22(25(31)27-23(16(2)3)14-24(29)30)28-26(32)33-15-21-19-12-7-5-10-17(19)18-11-6-8-13-20(18)21/h5-8,10-13,16,21-23H,4,9,14-15H2,1-3H3,(H,27,31)(H,28,32)(H,29,30)/t22-,23?/m0/s1. The quantitative estimate of drug-likeness (QED) is 0.498. The molecule has 0 aromatic heterocycles. The Balaban J connectivity index is 1.64. The molecule has 7 heteroatoms. The Morgan fingerprint density at radius 1 is 0.970 bits per heavy atom. The largest absolute Gasteiger partial charge is 0.481 e. The van der Waals surface area contributed by atoms with E-state index in [1.807, 2.05) is 57.2 Å². The van der Waals surface area contributed by atoms with Crippen LogP contribution >= 0.6 is 0 Å². The van der Waals surface area contributed by atoms with Crippen LogP contribution in [0.4, 0.5) is 4.79 Å². The Labute approximate surface area is 194 Å². The Morgan fingerprint density at radius 2 is 1.55 bits per heavy atom. The zero-order valence-corrected chi connectivity index (χ0v) is 19.3. The van der Waals surface area contributed by atoms with E-state index in [0.29, 0.717) is 12.8 Å². The predicted molar refractivity (Wildman–Crippen MR) is 126 cm³/mol. The summed E-state index contributed by atoms with van der Waals surface area (Å²) >= 11 is 0. The highest BCUT2D eigenvalue weighted by Crippen LogP contribution is 2.44. The van der Waals surface area contributed by atoms with E-state index >= 15 is 0 Å². The number of hydrogen-bond donors (Lipinski definition) is 3. The van der Waals surface area contributed by atoms with Crippen molar-refractivity contribution in [2.75, 3.05) is 6.61 Å². The fourth-order valence-corrected chi connectivity index (χ4v) is 4.26. The number of carboxylic acid groups (broad SMARTS) is 1. The molecular weight excluding hydrogens is 420 g/mol. The van der Waals surface area contributed by atoms with Crippen molar-refractivity contribution in [2.45, 2.75) is 58.0 Å². The first-order valence-corrected chi connectivity index (χ1v) is 11.5. The van der Waals surface area contributed by atoms with Crippen LogP contribution in [0.2, 0.25) is 0 Å². The highest BCUT2D eigenvalue weighted by atomic mass is 16.5. The second-order valence-electron chi connectivity index (χ2n) is 8.77. The molecule has 0 bridgehead atoms. The first-order valence-electron chi connectivity index (χ1n) is 11.5. The number of rotatable bonds is 10. The van der Waals surface area contributed by atoms with Gasteiger partial charge in [-0.05, 0) is 34.6 Å². The number of carbonyl (C=O) groups excluding carboxylic acids is 2. The molecule has 0 heterocycles. The van der Waals surface area contributed by atoms with Crippen LogP contribution in [0.5, 0.6) is 0 Å². The lowest BCUT2D eigenvalue weighted by atomic mass is 9.98. The Kier molecular flexibility index (Phi) is 8.09.